The molecule has 0 aliphatic rings. The number of hydrogen-bond donors (Lipinski definition) is 0. The second-order valence-corrected chi connectivity index (χ2v) is 17.6. The van der Waals surface area contributed by atoms with Crippen molar-refractivity contribution in [3.8, 4) is 0 Å². The summed E-state index contributed by atoms with van der Waals surface area (Å²) in [5.41, 5.74) is 0. The number of hydrogen-bond acceptors (Lipinski definition) is 6. The summed E-state index contributed by atoms with van der Waals surface area (Å²) < 4.78 is 16.8. The van der Waals surface area contributed by atoms with Crippen LogP contribution in [-0.4, -0.2) is 37.2 Å². The molecule has 0 bridgehead atoms. The number of ether oxygens (including phenoxy) is 3. The van der Waals surface area contributed by atoms with E-state index >= 15 is 0 Å². The summed E-state index contributed by atoms with van der Waals surface area (Å²) >= 11 is 0. The molecule has 6 heteroatoms. The summed E-state index contributed by atoms with van der Waals surface area (Å²) in [6.07, 6.45) is 45.1. The lowest BCUT2D eigenvalue weighted by Crippen LogP contribution is -2.30. The molecule has 0 heterocycles. The van der Waals surface area contributed by atoms with Crippen molar-refractivity contribution in [1.29, 1.82) is 0 Å². The van der Waals surface area contributed by atoms with E-state index in [1.807, 2.05) is 0 Å². The van der Waals surface area contributed by atoms with Crippen molar-refractivity contribution in [2.75, 3.05) is 13.2 Å². The van der Waals surface area contributed by atoms with Gasteiger partial charge in [0.05, 0.1) is 0 Å². The molecule has 0 spiro atoms. The summed E-state index contributed by atoms with van der Waals surface area (Å²) in [5.74, 6) is -0.0395. The molecule has 0 saturated carbocycles. The first-order valence-electron chi connectivity index (χ1n) is 24.9. The highest BCUT2D eigenvalue weighted by Gasteiger charge is 2.19. The standard InChI is InChI=1S/C50H96O6/c1-5-7-9-11-13-15-17-19-20-22-25-29-33-37-41-48(51)54-44-47(56-50(53)43-39-35-31-26-21-18-16-14-12-10-8-6-2)45-55-49(52)42-38-34-30-27-23-24-28-32-36-40-46(3)4/h46-47H,5-45H2,1-4H3/t47-/m0/s1. The van der Waals surface area contributed by atoms with Crippen molar-refractivity contribution in [2.45, 2.75) is 284 Å². The third-order valence-corrected chi connectivity index (χ3v) is 11.3. The fourth-order valence-electron chi connectivity index (χ4n) is 7.51. The van der Waals surface area contributed by atoms with Crippen molar-refractivity contribution in [3.05, 3.63) is 0 Å². The van der Waals surface area contributed by atoms with Crippen LogP contribution >= 0.6 is 0 Å². The molecule has 56 heavy (non-hydrogen) atoms. The molecule has 0 saturated heterocycles. The Hall–Kier alpha value is -1.59. The van der Waals surface area contributed by atoms with E-state index in [2.05, 4.69) is 27.7 Å². The lowest BCUT2D eigenvalue weighted by Gasteiger charge is -2.18. The van der Waals surface area contributed by atoms with Crippen molar-refractivity contribution in [2.24, 2.45) is 5.92 Å². The highest BCUT2D eigenvalue weighted by atomic mass is 16.6. The predicted molar refractivity (Wildman–Crippen MR) is 238 cm³/mol. The maximum Gasteiger partial charge on any atom is 0.306 e. The average Bonchev–Trinajstić information content (AvgIpc) is 3.18. The Morgan fingerprint density at radius 3 is 0.875 bits per heavy atom. The number of unbranched alkanes of at least 4 members (excludes halogenated alkanes) is 32. The summed E-state index contributed by atoms with van der Waals surface area (Å²) in [5, 5.41) is 0. The van der Waals surface area contributed by atoms with Crippen LogP contribution in [0.5, 0.6) is 0 Å². The Bertz CT molecular complexity index is 841. The molecule has 332 valence electrons. The third kappa shape index (κ3) is 43.5. The van der Waals surface area contributed by atoms with Gasteiger partial charge >= 0.3 is 17.9 Å². The summed E-state index contributed by atoms with van der Waals surface area (Å²) in [4.78, 5) is 37.8. The van der Waals surface area contributed by atoms with E-state index in [0.717, 1.165) is 63.7 Å². The molecular formula is C50H96O6. The molecule has 0 N–H and O–H groups in total. The van der Waals surface area contributed by atoms with Crippen LogP contribution < -0.4 is 0 Å². The lowest BCUT2D eigenvalue weighted by molar-refractivity contribution is -0.167. The fourth-order valence-corrected chi connectivity index (χ4v) is 7.51. The molecule has 0 aromatic heterocycles. The molecule has 0 unspecified atom stereocenters. The molecule has 6 nitrogen and oxygen atoms in total. The van der Waals surface area contributed by atoms with Gasteiger partial charge in [0.25, 0.3) is 0 Å². The van der Waals surface area contributed by atoms with Crippen LogP contribution in [0.3, 0.4) is 0 Å². The Morgan fingerprint density at radius 2 is 0.589 bits per heavy atom. The first-order chi connectivity index (χ1) is 27.4. The van der Waals surface area contributed by atoms with Crippen LogP contribution in [-0.2, 0) is 28.6 Å². The Balaban J connectivity index is 4.31. The van der Waals surface area contributed by atoms with E-state index in [1.54, 1.807) is 0 Å². The number of esters is 3. The van der Waals surface area contributed by atoms with E-state index in [1.165, 1.54) is 173 Å². The molecule has 0 aromatic rings. The Morgan fingerprint density at radius 1 is 0.339 bits per heavy atom. The minimum atomic E-state index is -0.760. The topological polar surface area (TPSA) is 78.9 Å². The van der Waals surface area contributed by atoms with E-state index in [4.69, 9.17) is 14.2 Å². The zero-order chi connectivity index (χ0) is 41.0. The van der Waals surface area contributed by atoms with Crippen molar-refractivity contribution >= 4 is 17.9 Å². The largest absolute Gasteiger partial charge is 0.462 e. The van der Waals surface area contributed by atoms with Gasteiger partial charge in [0, 0.05) is 19.3 Å². The van der Waals surface area contributed by atoms with Gasteiger partial charge in [-0.05, 0) is 25.2 Å². The van der Waals surface area contributed by atoms with E-state index in [9.17, 15) is 14.4 Å². The van der Waals surface area contributed by atoms with E-state index in [-0.39, 0.29) is 31.1 Å². The SMILES string of the molecule is CCCCCCCCCCCCCCCCC(=O)OC[C@@H](COC(=O)CCCCCCCCCCCC(C)C)OC(=O)CCCCCCCCCCCCCC. The maximum atomic E-state index is 12.7. The first-order valence-corrected chi connectivity index (χ1v) is 24.9. The summed E-state index contributed by atoms with van der Waals surface area (Å²) in [6.45, 7) is 8.99. The smallest absolute Gasteiger partial charge is 0.306 e. The molecule has 0 radical (unpaired) electrons. The van der Waals surface area contributed by atoms with Gasteiger partial charge in [-0.25, -0.2) is 0 Å². The summed E-state index contributed by atoms with van der Waals surface area (Å²) in [6, 6.07) is 0. The minimum absolute atomic E-state index is 0.0631. The molecule has 0 fully saturated rings. The zero-order valence-corrected chi connectivity index (χ0v) is 38.1. The van der Waals surface area contributed by atoms with Crippen LogP contribution in [0.15, 0.2) is 0 Å². The Kier molecular flexibility index (Phi) is 43.2. The molecule has 0 rings (SSSR count). The van der Waals surface area contributed by atoms with Gasteiger partial charge in [0.15, 0.2) is 6.10 Å². The van der Waals surface area contributed by atoms with Gasteiger partial charge in [-0.1, -0.05) is 240 Å². The van der Waals surface area contributed by atoms with Crippen molar-refractivity contribution in [1.82, 2.24) is 0 Å². The zero-order valence-electron chi connectivity index (χ0n) is 38.1. The van der Waals surface area contributed by atoms with Gasteiger partial charge in [0.2, 0.25) is 0 Å². The van der Waals surface area contributed by atoms with Crippen LogP contribution in [0.2, 0.25) is 0 Å². The van der Waals surface area contributed by atoms with Crippen LogP contribution in [0.4, 0.5) is 0 Å². The number of carbonyl (C=O) groups excluding carboxylic acids is 3. The fraction of sp³-hybridized carbons (Fsp3) is 0.940. The van der Waals surface area contributed by atoms with Gasteiger partial charge in [-0.3, -0.25) is 14.4 Å². The molecule has 0 aliphatic carbocycles. The molecule has 0 aromatic carbocycles. The second-order valence-electron chi connectivity index (χ2n) is 17.6. The van der Waals surface area contributed by atoms with Gasteiger partial charge in [0.1, 0.15) is 13.2 Å². The second kappa shape index (κ2) is 44.5. The van der Waals surface area contributed by atoms with Crippen LogP contribution in [0.1, 0.15) is 278 Å². The highest BCUT2D eigenvalue weighted by Crippen LogP contribution is 2.17. The highest BCUT2D eigenvalue weighted by molar-refractivity contribution is 5.71. The normalized spacial score (nSPS) is 11.9. The number of carbonyl (C=O) groups is 3. The average molecular weight is 793 g/mol. The maximum absolute atomic E-state index is 12.7. The molecule has 0 aliphatic heterocycles. The lowest BCUT2D eigenvalue weighted by atomic mass is 10.0. The monoisotopic (exact) mass is 793 g/mol. The Labute approximate surface area is 348 Å². The first kappa shape index (κ1) is 54.4. The van der Waals surface area contributed by atoms with Crippen LogP contribution in [0.25, 0.3) is 0 Å². The molecular weight excluding hydrogens is 697 g/mol. The van der Waals surface area contributed by atoms with E-state index < -0.39 is 6.10 Å². The summed E-state index contributed by atoms with van der Waals surface area (Å²) in [7, 11) is 0. The quantitative estimate of drug-likeness (QED) is 0.0347. The van der Waals surface area contributed by atoms with Gasteiger partial charge in [-0.2, -0.15) is 0 Å². The van der Waals surface area contributed by atoms with E-state index in [0.29, 0.717) is 19.3 Å². The van der Waals surface area contributed by atoms with Crippen molar-refractivity contribution < 1.29 is 28.6 Å². The number of rotatable bonds is 45. The van der Waals surface area contributed by atoms with Gasteiger partial charge < -0.3 is 14.2 Å². The van der Waals surface area contributed by atoms with Gasteiger partial charge in [-0.15, -0.1) is 0 Å². The molecule has 0 amide bonds. The predicted octanol–water partition coefficient (Wildman–Crippen LogP) is 15.9. The van der Waals surface area contributed by atoms with Crippen molar-refractivity contribution in [3.63, 3.8) is 0 Å². The van der Waals surface area contributed by atoms with Crippen LogP contribution in [0, 0.1) is 5.92 Å². The molecule has 1 atom stereocenters. The minimum Gasteiger partial charge on any atom is -0.462 e. The third-order valence-electron chi connectivity index (χ3n) is 11.3.